The van der Waals surface area contributed by atoms with Crippen LogP contribution in [0.5, 0.6) is 11.5 Å². The second-order valence-electron chi connectivity index (χ2n) is 11.3. The lowest BCUT2D eigenvalue weighted by molar-refractivity contribution is -0.117. The average Bonchev–Trinajstić information content (AvgIpc) is 2.92. The molecule has 0 saturated heterocycles. The Bertz CT molecular complexity index is 1340. The number of halogens is 1. The molecule has 5 rings (SSSR count). The van der Waals surface area contributed by atoms with E-state index in [0.717, 1.165) is 75.9 Å². The molecule has 0 unspecified atom stereocenters. The Kier molecular flexibility index (Phi) is 9.54. The molecular formula is C34H40INO5. The molecule has 0 amide bonds. The third kappa shape index (κ3) is 6.26. The number of hydrogen-bond acceptors (Lipinski definition) is 6. The van der Waals surface area contributed by atoms with E-state index < -0.39 is 0 Å². The van der Waals surface area contributed by atoms with Crippen LogP contribution in [0.4, 0.5) is 0 Å². The molecular weight excluding hydrogens is 629 g/mol. The fraction of sp³-hybridized carbons (Fsp3) is 0.471. The second-order valence-corrected chi connectivity index (χ2v) is 12.4. The summed E-state index contributed by atoms with van der Waals surface area (Å²) in [6.07, 6.45) is 5.26. The van der Waals surface area contributed by atoms with Gasteiger partial charge < -0.3 is 19.1 Å². The number of carbonyl (C=O) groups excluding carboxylic acids is 2. The van der Waals surface area contributed by atoms with Crippen molar-refractivity contribution in [3.8, 4) is 11.5 Å². The normalized spacial score (nSPS) is 17.6. The fourth-order valence-electron chi connectivity index (χ4n) is 6.65. The molecule has 0 bridgehead atoms. The Hall–Kier alpha value is -2.65. The third-order valence-corrected chi connectivity index (χ3v) is 8.95. The van der Waals surface area contributed by atoms with Gasteiger partial charge in [-0.3, -0.25) is 9.59 Å². The molecule has 0 saturated carbocycles. The Morgan fingerprint density at radius 2 is 1.51 bits per heavy atom. The third-order valence-electron chi connectivity index (χ3n) is 8.15. The van der Waals surface area contributed by atoms with Crippen molar-refractivity contribution < 1.29 is 23.8 Å². The van der Waals surface area contributed by atoms with Crippen LogP contribution in [0.25, 0.3) is 0 Å². The first-order valence-electron chi connectivity index (χ1n) is 14.8. The van der Waals surface area contributed by atoms with E-state index in [9.17, 15) is 9.59 Å². The first kappa shape index (κ1) is 29.8. The number of ketones is 2. The van der Waals surface area contributed by atoms with Crippen LogP contribution in [0.15, 0.2) is 52.9 Å². The van der Waals surface area contributed by atoms with Crippen LogP contribution >= 0.6 is 22.6 Å². The van der Waals surface area contributed by atoms with E-state index in [2.05, 4.69) is 65.6 Å². The van der Waals surface area contributed by atoms with Gasteiger partial charge >= 0.3 is 0 Å². The standard InChI is InChI=1S/C34H40INO5/c1-5-40-30-19-24(18-25(35)34(30)41-20-23-16-21(2)15-22(3)17-23)31-32-26(9-6-11-28(32)37)36(13-8-14-39-4)27-10-7-12-29(38)33(27)31/h15-19,31H,5-14,20H2,1-4H3. The van der Waals surface area contributed by atoms with Crippen molar-refractivity contribution in [3.05, 3.63) is 78.7 Å². The van der Waals surface area contributed by atoms with Gasteiger partial charge in [-0.2, -0.15) is 0 Å². The van der Waals surface area contributed by atoms with E-state index in [1.165, 1.54) is 11.1 Å². The molecule has 7 heteroatoms. The van der Waals surface area contributed by atoms with E-state index in [1.807, 2.05) is 13.0 Å². The van der Waals surface area contributed by atoms with Crippen molar-refractivity contribution in [3.63, 3.8) is 0 Å². The van der Waals surface area contributed by atoms with Crippen LogP contribution in [-0.2, 0) is 20.9 Å². The van der Waals surface area contributed by atoms with Gasteiger partial charge in [-0.15, -0.1) is 0 Å². The summed E-state index contributed by atoms with van der Waals surface area (Å²) in [6, 6.07) is 10.5. The Labute approximate surface area is 257 Å². The lowest BCUT2D eigenvalue weighted by Gasteiger charge is -2.44. The van der Waals surface area contributed by atoms with Gasteiger partial charge in [0.15, 0.2) is 23.1 Å². The summed E-state index contributed by atoms with van der Waals surface area (Å²) < 4.78 is 18.8. The van der Waals surface area contributed by atoms with Crippen LogP contribution in [-0.4, -0.2) is 43.3 Å². The van der Waals surface area contributed by atoms with Gasteiger partial charge in [-0.05, 0) is 98.7 Å². The maximum absolute atomic E-state index is 13.6. The average molecular weight is 670 g/mol. The summed E-state index contributed by atoms with van der Waals surface area (Å²) in [4.78, 5) is 29.6. The van der Waals surface area contributed by atoms with Crippen molar-refractivity contribution in [2.45, 2.75) is 78.2 Å². The maximum atomic E-state index is 13.6. The Balaban J connectivity index is 1.58. The number of carbonyl (C=O) groups is 2. The number of hydrogen-bond donors (Lipinski definition) is 0. The van der Waals surface area contributed by atoms with E-state index in [1.54, 1.807) is 7.11 Å². The van der Waals surface area contributed by atoms with Gasteiger partial charge in [-0.1, -0.05) is 29.3 Å². The Morgan fingerprint density at radius 3 is 2.10 bits per heavy atom. The van der Waals surface area contributed by atoms with E-state index in [0.29, 0.717) is 44.2 Å². The topological polar surface area (TPSA) is 65.1 Å². The number of rotatable bonds is 10. The number of nitrogens with zero attached hydrogens (tertiary/aromatic N) is 1. The molecule has 1 aliphatic heterocycles. The second kappa shape index (κ2) is 13.1. The molecule has 0 atom stereocenters. The zero-order valence-corrected chi connectivity index (χ0v) is 26.8. The van der Waals surface area contributed by atoms with Gasteiger partial charge in [0, 0.05) is 61.6 Å². The van der Waals surface area contributed by atoms with Crippen LogP contribution in [0.3, 0.4) is 0 Å². The molecule has 0 aromatic heterocycles. The van der Waals surface area contributed by atoms with Gasteiger partial charge in [0.25, 0.3) is 0 Å². The number of methoxy groups -OCH3 is 1. The number of Topliss-reactive ketones (excluding diaryl/α,β-unsaturated/α-hetero) is 2. The lowest BCUT2D eigenvalue weighted by atomic mass is 9.71. The molecule has 1 heterocycles. The maximum Gasteiger partial charge on any atom is 0.174 e. The molecule has 41 heavy (non-hydrogen) atoms. The molecule has 2 aliphatic carbocycles. The van der Waals surface area contributed by atoms with Gasteiger partial charge in [0.05, 0.1) is 10.2 Å². The largest absolute Gasteiger partial charge is 0.490 e. The molecule has 0 N–H and O–H groups in total. The van der Waals surface area contributed by atoms with E-state index in [-0.39, 0.29) is 17.5 Å². The predicted octanol–water partition coefficient (Wildman–Crippen LogP) is 7.34. The van der Waals surface area contributed by atoms with Gasteiger partial charge in [0.2, 0.25) is 0 Å². The van der Waals surface area contributed by atoms with E-state index >= 15 is 0 Å². The van der Waals surface area contributed by atoms with Crippen molar-refractivity contribution in [2.24, 2.45) is 0 Å². The molecule has 3 aliphatic rings. The zero-order valence-electron chi connectivity index (χ0n) is 24.6. The fourth-order valence-corrected chi connectivity index (χ4v) is 7.43. The van der Waals surface area contributed by atoms with Crippen molar-refractivity contribution >= 4 is 34.2 Å². The highest BCUT2D eigenvalue weighted by atomic mass is 127. The highest BCUT2D eigenvalue weighted by Gasteiger charge is 2.43. The monoisotopic (exact) mass is 669 g/mol. The molecule has 2 aromatic carbocycles. The summed E-state index contributed by atoms with van der Waals surface area (Å²) in [6.45, 7) is 8.46. The summed E-state index contributed by atoms with van der Waals surface area (Å²) in [7, 11) is 1.71. The van der Waals surface area contributed by atoms with Crippen LogP contribution in [0.2, 0.25) is 0 Å². The van der Waals surface area contributed by atoms with Gasteiger partial charge in [-0.25, -0.2) is 0 Å². The molecule has 2 aromatic rings. The predicted molar refractivity (Wildman–Crippen MR) is 168 cm³/mol. The van der Waals surface area contributed by atoms with Crippen molar-refractivity contribution in [2.75, 3.05) is 26.9 Å². The first-order valence-corrected chi connectivity index (χ1v) is 15.8. The van der Waals surface area contributed by atoms with Crippen LogP contribution in [0.1, 0.15) is 80.0 Å². The highest BCUT2D eigenvalue weighted by molar-refractivity contribution is 14.1. The minimum atomic E-state index is -0.375. The lowest BCUT2D eigenvalue weighted by Crippen LogP contribution is -2.39. The summed E-state index contributed by atoms with van der Waals surface area (Å²) >= 11 is 2.30. The highest BCUT2D eigenvalue weighted by Crippen LogP contribution is 2.50. The SMILES string of the molecule is CCOc1cc(C2C3=C(CCCC3=O)N(CCCOC)C3=C2C(=O)CCC3)cc(I)c1OCc1cc(C)cc(C)c1. The Morgan fingerprint density at radius 1 is 0.878 bits per heavy atom. The number of allylic oxidation sites excluding steroid dienone is 4. The smallest absolute Gasteiger partial charge is 0.174 e. The summed E-state index contributed by atoms with van der Waals surface area (Å²) in [5.41, 5.74) is 8.23. The van der Waals surface area contributed by atoms with Crippen LogP contribution < -0.4 is 9.47 Å². The molecule has 0 fully saturated rings. The molecule has 0 radical (unpaired) electrons. The van der Waals surface area contributed by atoms with Crippen molar-refractivity contribution in [1.29, 1.82) is 0 Å². The number of aryl methyl sites for hydroxylation is 2. The van der Waals surface area contributed by atoms with E-state index in [4.69, 9.17) is 14.2 Å². The molecule has 6 nitrogen and oxygen atoms in total. The summed E-state index contributed by atoms with van der Waals surface area (Å²) in [5, 5.41) is 0. The number of ether oxygens (including phenoxy) is 3. The first-order chi connectivity index (χ1) is 19.8. The minimum Gasteiger partial charge on any atom is -0.490 e. The van der Waals surface area contributed by atoms with Crippen LogP contribution in [0, 0.1) is 17.4 Å². The van der Waals surface area contributed by atoms with Gasteiger partial charge in [0.1, 0.15) is 6.61 Å². The molecule has 218 valence electrons. The minimum absolute atomic E-state index is 0.154. The molecule has 0 spiro atoms. The van der Waals surface area contributed by atoms with Crippen molar-refractivity contribution in [1.82, 2.24) is 4.90 Å². The number of benzene rings is 2. The quantitative estimate of drug-likeness (QED) is 0.195. The zero-order chi connectivity index (χ0) is 29.1. The summed E-state index contributed by atoms with van der Waals surface area (Å²) in [5.74, 6) is 1.28.